The van der Waals surface area contributed by atoms with Crippen molar-refractivity contribution in [2.45, 2.75) is 64.7 Å². The van der Waals surface area contributed by atoms with Gasteiger partial charge in [-0.1, -0.05) is 58.3 Å². The third-order valence-corrected chi connectivity index (χ3v) is 4.06. The van der Waals surface area contributed by atoms with Gasteiger partial charge in [0.2, 0.25) is 0 Å². The van der Waals surface area contributed by atoms with Crippen molar-refractivity contribution in [1.29, 1.82) is 0 Å². The lowest BCUT2D eigenvalue weighted by Crippen LogP contribution is -2.13. The monoisotopic (exact) mass is 384 g/mol. The van der Waals surface area contributed by atoms with Crippen LogP contribution in [0.5, 0.6) is 0 Å². The predicted octanol–water partition coefficient (Wildman–Crippen LogP) is 3.39. The van der Waals surface area contributed by atoms with E-state index >= 15 is 0 Å². The molecule has 0 aromatic rings. The average Bonchev–Trinajstić information content (AvgIpc) is 2.56. The van der Waals surface area contributed by atoms with Crippen molar-refractivity contribution in [3.8, 4) is 0 Å². The van der Waals surface area contributed by atoms with Crippen LogP contribution in [0.15, 0.2) is 0 Å². The highest BCUT2D eigenvalue weighted by molar-refractivity contribution is 7.80. The molecule has 25 heavy (non-hydrogen) atoms. The Kier molecular flexibility index (Phi) is 18.4. The molecule has 0 amide bonds. The smallest absolute Gasteiger partial charge is 0.379 e. The summed E-state index contributed by atoms with van der Waals surface area (Å²) in [5.74, 6) is 0. The normalized spacial score (nSPS) is 11.9. The molecule has 0 saturated carbocycles. The third-order valence-electron chi connectivity index (χ3n) is 3.60. The summed E-state index contributed by atoms with van der Waals surface area (Å²) in [6.45, 7) is 4.73. The molecule has 0 atom stereocenters. The van der Waals surface area contributed by atoms with Gasteiger partial charge in [-0.2, -0.15) is 8.42 Å². The van der Waals surface area contributed by atoms with Crippen molar-refractivity contribution < 1.29 is 31.4 Å². The highest BCUT2D eigenvalue weighted by Crippen LogP contribution is 2.09. The maximum absolute atomic E-state index is 10.3. The molecule has 0 spiro atoms. The van der Waals surface area contributed by atoms with E-state index in [9.17, 15) is 8.42 Å². The lowest BCUT2D eigenvalue weighted by atomic mass is 10.1. The Balaban J connectivity index is 3.03. The third kappa shape index (κ3) is 23.8. The topological polar surface area (TPSA) is 91.3 Å². The first-order valence-corrected chi connectivity index (χ1v) is 10.8. The van der Waals surface area contributed by atoms with Crippen molar-refractivity contribution in [3.05, 3.63) is 0 Å². The van der Waals surface area contributed by atoms with E-state index in [0.717, 1.165) is 13.0 Å². The standard InChI is InChI=1S/C17H36O7S/c1-2-3-4-5-6-7-8-9-10-11-21-12-13-22-14-15-23-16-17-24-25(18,19)20/h2-17H2,1H3,(H,18,19,20). The quantitative estimate of drug-likeness (QED) is 0.254. The van der Waals surface area contributed by atoms with E-state index in [0.29, 0.717) is 26.4 Å². The summed E-state index contributed by atoms with van der Waals surface area (Å²) in [4.78, 5) is 0. The van der Waals surface area contributed by atoms with Crippen LogP contribution in [-0.2, 0) is 28.8 Å². The molecule has 0 radical (unpaired) electrons. The largest absolute Gasteiger partial charge is 0.397 e. The van der Waals surface area contributed by atoms with Gasteiger partial charge in [-0.25, -0.2) is 4.18 Å². The molecule has 0 fully saturated rings. The maximum Gasteiger partial charge on any atom is 0.397 e. The van der Waals surface area contributed by atoms with Gasteiger partial charge in [0.25, 0.3) is 0 Å². The van der Waals surface area contributed by atoms with Crippen LogP contribution in [0.4, 0.5) is 0 Å². The summed E-state index contributed by atoms with van der Waals surface area (Å²) in [6, 6.07) is 0. The van der Waals surface area contributed by atoms with Gasteiger partial charge in [-0.15, -0.1) is 0 Å². The van der Waals surface area contributed by atoms with Crippen LogP contribution >= 0.6 is 0 Å². The molecule has 0 heterocycles. The molecule has 0 aromatic heterocycles. The minimum Gasteiger partial charge on any atom is -0.379 e. The van der Waals surface area contributed by atoms with Gasteiger partial charge in [0, 0.05) is 6.61 Å². The van der Waals surface area contributed by atoms with Crippen molar-refractivity contribution >= 4 is 10.4 Å². The van der Waals surface area contributed by atoms with Crippen molar-refractivity contribution in [3.63, 3.8) is 0 Å². The summed E-state index contributed by atoms with van der Waals surface area (Å²) >= 11 is 0. The Morgan fingerprint density at radius 2 is 1.00 bits per heavy atom. The van der Waals surface area contributed by atoms with Crippen LogP contribution in [0.1, 0.15) is 64.7 Å². The van der Waals surface area contributed by atoms with Crippen LogP contribution < -0.4 is 0 Å². The highest BCUT2D eigenvalue weighted by atomic mass is 32.3. The predicted molar refractivity (Wildman–Crippen MR) is 97.2 cm³/mol. The number of rotatable bonds is 20. The zero-order valence-electron chi connectivity index (χ0n) is 15.6. The Morgan fingerprint density at radius 3 is 1.48 bits per heavy atom. The van der Waals surface area contributed by atoms with Gasteiger partial charge in [0.05, 0.1) is 39.6 Å². The lowest BCUT2D eigenvalue weighted by molar-refractivity contribution is 0.00854. The van der Waals surface area contributed by atoms with Crippen LogP contribution in [0.25, 0.3) is 0 Å². The second-order valence-corrected chi connectivity index (χ2v) is 7.01. The molecule has 0 aromatic carbocycles. The highest BCUT2D eigenvalue weighted by Gasteiger charge is 2.02. The number of hydrogen-bond donors (Lipinski definition) is 1. The van der Waals surface area contributed by atoms with Crippen molar-refractivity contribution in [1.82, 2.24) is 0 Å². The fourth-order valence-corrected chi connectivity index (χ4v) is 2.53. The number of ether oxygens (including phenoxy) is 3. The van der Waals surface area contributed by atoms with Crippen LogP contribution in [0.3, 0.4) is 0 Å². The summed E-state index contributed by atoms with van der Waals surface area (Å²) in [5.41, 5.74) is 0. The van der Waals surface area contributed by atoms with E-state index in [1.54, 1.807) is 0 Å². The van der Waals surface area contributed by atoms with E-state index in [2.05, 4.69) is 11.1 Å². The minimum absolute atomic E-state index is 0.0816. The molecule has 0 aliphatic carbocycles. The molecule has 0 aliphatic heterocycles. The Labute approximate surface area is 153 Å². The first-order valence-electron chi connectivity index (χ1n) is 9.41. The second kappa shape index (κ2) is 18.5. The van der Waals surface area contributed by atoms with Gasteiger partial charge in [0.1, 0.15) is 0 Å². The van der Waals surface area contributed by atoms with Gasteiger partial charge in [-0.3, -0.25) is 4.55 Å². The molecule has 152 valence electrons. The lowest BCUT2D eigenvalue weighted by Gasteiger charge is -2.07. The van der Waals surface area contributed by atoms with E-state index in [4.69, 9.17) is 18.8 Å². The number of unbranched alkanes of at least 4 members (excludes halogenated alkanes) is 8. The van der Waals surface area contributed by atoms with E-state index in [-0.39, 0.29) is 13.2 Å². The summed E-state index contributed by atoms with van der Waals surface area (Å²) in [6.07, 6.45) is 11.7. The Hall–Kier alpha value is -0.250. The summed E-state index contributed by atoms with van der Waals surface area (Å²) in [7, 11) is -4.37. The van der Waals surface area contributed by atoms with E-state index in [1.807, 2.05) is 0 Å². The fraction of sp³-hybridized carbons (Fsp3) is 1.00. The Bertz CT molecular complexity index is 360. The SMILES string of the molecule is CCCCCCCCCCCOCCOCCOCCOS(=O)(=O)O. The van der Waals surface area contributed by atoms with Crippen LogP contribution in [0, 0.1) is 0 Å². The number of hydrogen-bond acceptors (Lipinski definition) is 6. The van der Waals surface area contributed by atoms with Gasteiger partial charge >= 0.3 is 10.4 Å². The van der Waals surface area contributed by atoms with Crippen molar-refractivity contribution in [2.24, 2.45) is 0 Å². The summed E-state index contributed by atoms with van der Waals surface area (Å²) < 4.78 is 48.8. The van der Waals surface area contributed by atoms with Crippen LogP contribution in [-0.4, -0.2) is 59.2 Å². The fourth-order valence-electron chi connectivity index (χ4n) is 2.25. The zero-order valence-corrected chi connectivity index (χ0v) is 16.4. The van der Waals surface area contributed by atoms with Gasteiger partial charge in [-0.05, 0) is 6.42 Å². The van der Waals surface area contributed by atoms with Gasteiger partial charge in [0.15, 0.2) is 0 Å². The molecule has 0 aliphatic rings. The van der Waals surface area contributed by atoms with E-state index in [1.165, 1.54) is 51.4 Å². The molecule has 1 N–H and O–H groups in total. The molecule has 0 bridgehead atoms. The van der Waals surface area contributed by atoms with Crippen molar-refractivity contribution in [2.75, 3.05) is 46.2 Å². The molecular formula is C17H36O7S. The second-order valence-electron chi connectivity index (χ2n) is 5.92. The first-order chi connectivity index (χ1) is 12.1. The van der Waals surface area contributed by atoms with Crippen LogP contribution in [0.2, 0.25) is 0 Å². The molecule has 0 saturated heterocycles. The van der Waals surface area contributed by atoms with E-state index < -0.39 is 10.4 Å². The minimum atomic E-state index is -4.37. The maximum atomic E-state index is 10.3. The molecule has 0 unspecified atom stereocenters. The average molecular weight is 385 g/mol. The Morgan fingerprint density at radius 1 is 0.600 bits per heavy atom. The molecule has 7 nitrogen and oxygen atoms in total. The van der Waals surface area contributed by atoms with Gasteiger partial charge < -0.3 is 14.2 Å². The first kappa shape index (κ1) is 24.8. The summed E-state index contributed by atoms with van der Waals surface area (Å²) in [5, 5.41) is 0. The molecular weight excluding hydrogens is 348 g/mol. The zero-order chi connectivity index (χ0) is 18.6. The molecule has 0 rings (SSSR count). The molecule has 8 heteroatoms.